The van der Waals surface area contributed by atoms with Crippen molar-refractivity contribution in [3.8, 4) is 39.4 Å². The molecule has 0 aliphatic carbocycles. The monoisotopic (exact) mass is 1950 g/mol. The summed E-state index contributed by atoms with van der Waals surface area (Å²) in [5.74, 6) is -9.03. The molecular weight excluding hydrogens is 1890 g/mol. The Balaban J connectivity index is 0.000000167. The molecule has 0 spiro atoms. The highest BCUT2D eigenvalue weighted by molar-refractivity contribution is 7.93. The smallest absolute Gasteiger partial charge is 0.337 e. The molecule has 14 rings (SSSR count). The van der Waals surface area contributed by atoms with Gasteiger partial charge in [-0.3, -0.25) is 19.3 Å². The zero-order valence-electron chi connectivity index (χ0n) is 66.6. The van der Waals surface area contributed by atoms with Gasteiger partial charge in [-0.2, -0.15) is 5.10 Å². The maximum atomic E-state index is 14.3. The van der Waals surface area contributed by atoms with E-state index in [0.717, 1.165) is 46.3 Å². The van der Waals surface area contributed by atoms with E-state index in [-0.39, 0.29) is 114 Å². The second-order valence-corrected chi connectivity index (χ2v) is 38.1. The fraction of sp³-hybridized carbons (Fsp3) is 0.0879. The lowest BCUT2D eigenvalue weighted by Gasteiger charge is -2.14. The van der Waals surface area contributed by atoms with Crippen molar-refractivity contribution in [2.24, 2.45) is 0 Å². The first-order valence-electron chi connectivity index (χ1n) is 37.1. The number of phenolic OH excluding ortho intramolecular Hbond substituents is 1. The first-order chi connectivity index (χ1) is 60.6. The van der Waals surface area contributed by atoms with Gasteiger partial charge in [0, 0.05) is 78.3 Å². The van der Waals surface area contributed by atoms with Crippen LogP contribution in [0.5, 0.6) is 11.5 Å². The Morgan fingerprint density at radius 1 is 0.461 bits per heavy atom. The summed E-state index contributed by atoms with van der Waals surface area (Å²) in [6.45, 7) is 1.67. The Labute approximate surface area is 766 Å². The molecule has 128 heavy (non-hydrogen) atoms. The molecule has 660 valence electrons. The Kier molecular flexibility index (Phi) is 33.0. The number of aromatic nitrogens is 3. The summed E-state index contributed by atoms with van der Waals surface area (Å²) in [6.07, 6.45) is 4.82. The molecule has 12 aromatic carbocycles. The number of hydrogen-bond acceptors (Lipinski definition) is 18. The van der Waals surface area contributed by atoms with Crippen LogP contribution in [0, 0.1) is 24.4 Å². The quantitative estimate of drug-likeness (QED) is 0.0277. The summed E-state index contributed by atoms with van der Waals surface area (Å²) in [4.78, 5) is 61.2. The first kappa shape index (κ1) is 98.0. The van der Waals surface area contributed by atoms with E-state index < -0.39 is 114 Å². The van der Waals surface area contributed by atoms with Gasteiger partial charge in [-0.15, -0.1) is 0 Å². The minimum atomic E-state index is -4.45. The second-order valence-electron chi connectivity index (χ2n) is 27.5. The molecule has 0 bridgehead atoms. The van der Waals surface area contributed by atoms with Crippen molar-refractivity contribution in [2.75, 3.05) is 18.9 Å². The number of sulfone groups is 3. The number of nitrogens with zero attached hydrogens (tertiary/aromatic N) is 3. The minimum Gasteiger partial charge on any atom is -0.505 e. The molecule has 0 saturated carbocycles. The van der Waals surface area contributed by atoms with Crippen LogP contribution in [-0.4, -0.2) is 113 Å². The van der Waals surface area contributed by atoms with E-state index in [0.29, 0.717) is 39.4 Å². The molecule has 5 N–H and O–H groups in total. The van der Waals surface area contributed by atoms with E-state index in [1.165, 1.54) is 104 Å². The number of pyridine rings is 1. The molecule has 0 unspecified atom stereocenters. The van der Waals surface area contributed by atoms with Crippen molar-refractivity contribution in [2.45, 2.75) is 56.6 Å². The van der Waals surface area contributed by atoms with Gasteiger partial charge in [0.05, 0.1) is 91.3 Å². The maximum Gasteiger partial charge on any atom is 0.337 e. The molecule has 2 aromatic heterocycles. The van der Waals surface area contributed by atoms with E-state index in [9.17, 15) is 81.0 Å². The summed E-state index contributed by atoms with van der Waals surface area (Å²) in [6, 6.07) is 62.6. The topological polar surface area (TPSA) is 364 Å². The standard InChI is InChI=1S/C22H18Cl2O4S.C20H15F2NO5S.C18H12ClNO3.C16H11Cl2FN2O3S.C15H12Cl2O4S/c1-28-22(25)10-17-8-7-16(15-5-3-2-4-6-15)9-18(17)14-29(26,27)21-12-19(23)11-20(24)13-21;1-28-18-8-7-13(20(24)25)9-19(18)29(26,27)23-17-10-14(15(21)11-16(17)22)12-5-3-2-4-6-12;19-15-7-6-11(9-14(15)18(22)23)10-17(21)13-3-1-5-16-12(13)4-2-8-20-16;17-10-7-12(18)16(22)15(8-10)25(23,24)9-11-13(19)3-1-4-14(11)21-6-2-5-20-21;1-9-3-2-4-13(15(18)19)14(9)8-22(20,21)12-6-10(16)5-11(17)7-12/h2-9,11-13H,10,14H2,1H3;2-11,23H,1H3,(H,24,25);1-9H,10H2,(H,22,23);1-8,22H,9H2;2-7H,8H2,1H3,(H,18,19). The predicted molar refractivity (Wildman–Crippen MR) is 484 cm³/mol. The number of nitrogens with one attached hydrogen (secondary N) is 1. The number of ketones is 1. The molecular formula is C91H68Cl7F3N4O19S4. The third-order valence-electron chi connectivity index (χ3n) is 18.8. The number of sulfonamides is 1. The molecule has 23 nitrogen and oxygen atoms in total. The van der Waals surface area contributed by atoms with E-state index in [1.54, 1.807) is 110 Å². The Bertz CT molecular complexity index is 7030. The number of Topliss-reactive ketones (excluding diaryl/α,β-unsaturated/α-hetero) is 1. The van der Waals surface area contributed by atoms with Crippen LogP contribution in [0.25, 0.3) is 38.8 Å². The van der Waals surface area contributed by atoms with Crippen LogP contribution in [0.3, 0.4) is 0 Å². The molecule has 0 atom stereocenters. The molecule has 37 heteroatoms. The number of carboxylic acids is 3. The van der Waals surface area contributed by atoms with Crippen molar-refractivity contribution < 1.29 is 101 Å². The number of benzene rings is 12. The van der Waals surface area contributed by atoms with Gasteiger partial charge in [-0.1, -0.05) is 196 Å². The Hall–Kier alpha value is -12.2. The summed E-state index contributed by atoms with van der Waals surface area (Å²) in [5, 5.41) is 43.1. The number of ether oxygens (including phenoxy) is 2. The number of esters is 1. The molecule has 2 heterocycles. The van der Waals surface area contributed by atoms with Crippen LogP contribution in [0.15, 0.2) is 287 Å². The lowest BCUT2D eigenvalue weighted by Crippen LogP contribution is -2.16. The van der Waals surface area contributed by atoms with Gasteiger partial charge in [-0.25, -0.2) is 65.9 Å². The van der Waals surface area contributed by atoms with Gasteiger partial charge in [0.15, 0.2) is 41.0 Å². The Morgan fingerprint density at radius 2 is 1.05 bits per heavy atom. The van der Waals surface area contributed by atoms with Gasteiger partial charge >= 0.3 is 23.9 Å². The summed E-state index contributed by atoms with van der Waals surface area (Å²) < 4.78 is 158. The van der Waals surface area contributed by atoms with Crippen LogP contribution in [0.1, 0.15) is 74.8 Å². The second kappa shape index (κ2) is 43.1. The average molecular weight is 1950 g/mol. The van der Waals surface area contributed by atoms with E-state index in [4.69, 9.17) is 101 Å². The zero-order chi connectivity index (χ0) is 93.3. The zero-order valence-corrected chi connectivity index (χ0v) is 75.2. The number of halogens is 10. The van der Waals surface area contributed by atoms with Crippen molar-refractivity contribution >= 4 is 167 Å². The highest BCUT2D eigenvalue weighted by atomic mass is 35.5. The van der Waals surface area contributed by atoms with Crippen LogP contribution in [-0.2, 0) is 79.2 Å². The van der Waals surface area contributed by atoms with Crippen molar-refractivity contribution in [3.63, 3.8) is 0 Å². The molecule has 14 aromatic rings. The number of hydrogen-bond donors (Lipinski definition) is 5. The molecule has 0 aliphatic heterocycles. The molecule has 0 saturated heterocycles. The van der Waals surface area contributed by atoms with Gasteiger partial charge in [0.1, 0.15) is 33.0 Å². The van der Waals surface area contributed by atoms with E-state index in [1.807, 2.05) is 53.3 Å². The predicted octanol–water partition coefficient (Wildman–Crippen LogP) is 21.5. The summed E-state index contributed by atoms with van der Waals surface area (Å²) in [7, 11) is -13.6. The lowest BCUT2D eigenvalue weighted by molar-refractivity contribution is -0.139. The summed E-state index contributed by atoms with van der Waals surface area (Å²) >= 11 is 41.1. The van der Waals surface area contributed by atoms with Crippen LogP contribution in [0.4, 0.5) is 18.9 Å². The highest BCUT2D eigenvalue weighted by Gasteiger charge is 2.30. The van der Waals surface area contributed by atoms with E-state index in [2.05, 4.69) is 10.1 Å². The third-order valence-corrected chi connectivity index (χ3v) is 26.8. The van der Waals surface area contributed by atoms with Gasteiger partial charge < -0.3 is 29.9 Å². The SMILES string of the molecule is COC(=O)Cc1ccc(-c2ccccc2)cc1CS(=O)(=O)c1cc(Cl)cc(Cl)c1.COc1ccc(C(=O)O)cc1S(=O)(=O)Nc1cc(-c2ccccc2)c(F)cc1F.Cc1cccc(C(=O)O)c1CS(=O)(=O)c1cc(Cl)cc(Cl)c1.O=C(O)c1cc(CC(=O)c2cccc3ncccc23)ccc1Cl.O=S(=O)(Cc1c(F)cccc1-n1cccn1)c1cc(Cl)cc(Cl)c1O. The van der Waals surface area contributed by atoms with Gasteiger partial charge in [-0.05, 0) is 179 Å². The Morgan fingerprint density at radius 3 is 1.66 bits per heavy atom. The first-order valence-corrected chi connectivity index (χ1v) is 46.1. The third kappa shape index (κ3) is 25.4. The molecule has 0 aliphatic rings. The van der Waals surface area contributed by atoms with Gasteiger partial charge in [0.2, 0.25) is 0 Å². The number of fused-ring (bicyclic) bond motifs is 1. The maximum absolute atomic E-state index is 14.3. The minimum absolute atomic E-state index is 0.00319. The number of carbonyl (C=O) groups is 5. The van der Waals surface area contributed by atoms with Crippen molar-refractivity contribution in [1.29, 1.82) is 0 Å². The molecule has 0 fully saturated rings. The number of anilines is 1. The van der Waals surface area contributed by atoms with Crippen LogP contribution in [0.2, 0.25) is 35.2 Å². The fourth-order valence-corrected chi connectivity index (χ4v) is 20.5. The van der Waals surface area contributed by atoms with E-state index >= 15 is 0 Å². The number of aryl methyl sites for hydroxylation is 1. The number of carboxylic acid groups (broad SMARTS) is 3. The van der Waals surface area contributed by atoms with Crippen molar-refractivity contribution in [1.82, 2.24) is 14.8 Å². The normalized spacial score (nSPS) is 11.2. The highest BCUT2D eigenvalue weighted by Crippen LogP contribution is 2.39. The molecule has 0 radical (unpaired) electrons. The number of carbonyl (C=O) groups excluding carboxylic acids is 2. The largest absolute Gasteiger partial charge is 0.505 e. The lowest BCUT2D eigenvalue weighted by atomic mass is 9.98. The summed E-state index contributed by atoms with van der Waals surface area (Å²) in [5.41, 5.74) is 5.49. The number of aromatic hydroxyl groups is 1. The van der Waals surface area contributed by atoms with Crippen LogP contribution < -0.4 is 9.46 Å². The van der Waals surface area contributed by atoms with Crippen LogP contribution >= 0.6 is 81.2 Å². The number of aromatic carboxylic acids is 3. The number of phenols is 1. The number of methoxy groups -OCH3 is 2. The van der Waals surface area contributed by atoms with Gasteiger partial charge in [0.25, 0.3) is 10.0 Å². The number of rotatable bonds is 24. The molecule has 0 amide bonds. The average Bonchev–Trinajstić information content (AvgIpc) is 1.05. The van der Waals surface area contributed by atoms with Crippen molar-refractivity contribution in [3.05, 3.63) is 376 Å². The fourth-order valence-electron chi connectivity index (χ4n) is 12.6.